The zero-order chi connectivity index (χ0) is 10.1. The number of hydrogen-bond acceptors (Lipinski definition) is 1. The molecule has 2 nitrogen and oxygen atoms in total. The molecule has 0 aliphatic carbocycles. The Bertz CT molecular complexity index is 315. The van der Waals surface area contributed by atoms with Crippen molar-refractivity contribution in [3.05, 3.63) is 35.4 Å². The van der Waals surface area contributed by atoms with E-state index < -0.39 is 17.7 Å². The van der Waals surface area contributed by atoms with Gasteiger partial charge in [-0.15, -0.1) is 0 Å². The molecule has 0 saturated carbocycles. The maximum Gasteiger partial charge on any atom is 0.416 e. The van der Waals surface area contributed by atoms with E-state index in [0.717, 1.165) is 24.3 Å². The molecule has 0 aliphatic rings. The second kappa shape index (κ2) is 4.08. The SMILES string of the molecule is F.O=C(O)c1ccc(C(F)(F)F)cc1. The Kier molecular flexibility index (Phi) is 3.62. The van der Waals surface area contributed by atoms with E-state index in [1.165, 1.54) is 0 Å². The largest absolute Gasteiger partial charge is 0.478 e. The Morgan fingerprint density at radius 1 is 1.14 bits per heavy atom. The van der Waals surface area contributed by atoms with Gasteiger partial charge in [-0.3, -0.25) is 4.70 Å². The highest BCUT2D eigenvalue weighted by Crippen LogP contribution is 2.28. The lowest BCUT2D eigenvalue weighted by atomic mass is 10.1. The molecule has 0 fully saturated rings. The molecule has 0 unspecified atom stereocenters. The summed E-state index contributed by atoms with van der Waals surface area (Å²) in [6.07, 6.45) is -4.42. The van der Waals surface area contributed by atoms with Crippen LogP contribution in [0.25, 0.3) is 0 Å². The first kappa shape index (κ1) is 12.4. The van der Waals surface area contributed by atoms with Crippen LogP contribution in [0.4, 0.5) is 17.9 Å². The summed E-state index contributed by atoms with van der Waals surface area (Å²) in [6, 6.07) is 3.32. The van der Waals surface area contributed by atoms with Gasteiger partial charge in [0.2, 0.25) is 0 Å². The predicted octanol–water partition coefficient (Wildman–Crippen LogP) is 2.56. The molecule has 1 aromatic carbocycles. The number of halogens is 4. The van der Waals surface area contributed by atoms with E-state index in [1.807, 2.05) is 0 Å². The first-order chi connectivity index (χ1) is 5.91. The second-order valence-electron chi connectivity index (χ2n) is 2.38. The number of alkyl halides is 3. The molecule has 0 spiro atoms. The van der Waals surface area contributed by atoms with E-state index in [2.05, 4.69) is 0 Å². The molecular formula is C8H6F4O2. The molecule has 14 heavy (non-hydrogen) atoms. The summed E-state index contributed by atoms with van der Waals surface area (Å²) in [6.45, 7) is 0. The van der Waals surface area contributed by atoms with Gasteiger partial charge in [0.1, 0.15) is 0 Å². The maximum absolute atomic E-state index is 12.0. The van der Waals surface area contributed by atoms with Crippen LogP contribution in [0.1, 0.15) is 15.9 Å². The molecule has 0 saturated heterocycles. The zero-order valence-electron chi connectivity index (χ0n) is 6.71. The van der Waals surface area contributed by atoms with E-state index in [1.54, 1.807) is 0 Å². The fourth-order valence-corrected chi connectivity index (χ4v) is 0.802. The number of hydrogen-bond donors (Lipinski definition) is 1. The normalized spacial score (nSPS) is 10.5. The second-order valence-corrected chi connectivity index (χ2v) is 2.38. The third-order valence-electron chi connectivity index (χ3n) is 1.46. The van der Waals surface area contributed by atoms with Gasteiger partial charge in [-0.1, -0.05) is 0 Å². The number of carbonyl (C=O) groups is 1. The first-order valence-corrected chi connectivity index (χ1v) is 3.32. The zero-order valence-corrected chi connectivity index (χ0v) is 6.71. The molecule has 0 bridgehead atoms. The molecule has 0 amide bonds. The lowest BCUT2D eigenvalue weighted by molar-refractivity contribution is -0.137. The van der Waals surface area contributed by atoms with E-state index >= 15 is 0 Å². The number of aromatic carboxylic acids is 1. The summed E-state index contributed by atoms with van der Waals surface area (Å²) < 4.78 is 35.9. The Morgan fingerprint density at radius 3 is 1.86 bits per heavy atom. The van der Waals surface area contributed by atoms with Gasteiger partial charge >= 0.3 is 12.1 Å². The van der Waals surface area contributed by atoms with Crippen molar-refractivity contribution in [2.75, 3.05) is 0 Å². The van der Waals surface area contributed by atoms with Crippen LogP contribution in [0.3, 0.4) is 0 Å². The Labute approximate surface area is 76.3 Å². The van der Waals surface area contributed by atoms with Crippen LogP contribution in [0.15, 0.2) is 24.3 Å². The van der Waals surface area contributed by atoms with Gasteiger partial charge in [-0.2, -0.15) is 13.2 Å². The average Bonchev–Trinajstić information content (AvgIpc) is 2.03. The number of rotatable bonds is 1. The predicted molar refractivity (Wildman–Crippen MR) is 40.9 cm³/mol. The molecule has 0 aromatic heterocycles. The molecular weight excluding hydrogens is 204 g/mol. The minimum Gasteiger partial charge on any atom is -0.478 e. The van der Waals surface area contributed by atoms with Crippen LogP contribution in [0.5, 0.6) is 0 Å². The Morgan fingerprint density at radius 2 is 1.57 bits per heavy atom. The minimum atomic E-state index is -4.42. The van der Waals surface area contributed by atoms with E-state index in [-0.39, 0.29) is 10.3 Å². The third-order valence-corrected chi connectivity index (χ3v) is 1.46. The number of benzene rings is 1. The highest BCUT2D eigenvalue weighted by Gasteiger charge is 2.30. The van der Waals surface area contributed by atoms with Crippen LogP contribution in [0.2, 0.25) is 0 Å². The van der Waals surface area contributed by atoms with Crippen molar-refractivity contribution < 1.29 is 27.8 Å². The third kappa shape index (κ3) is 2.72. The van der Waals surface area contributed by atoms with Gasteiger partial charge in [0, 0.05) is 0 Å². The van der Waals surface area contributed by atoms with Crippen molar-refractivity contribution >= 4 is 5.97 Å². The molecule has 0 radical (unpaired) electrons. The average molecular weight is 210 g/mol. The molecule has 6 heteroatoms. The monoisotopic (exact) mass is 210 g/mol. The summed E-state index contributed by atoms with van der Waals surface area (Å²) in [5, 5.41) is 8.40. The fraction of sp³-hybridized carbons (Fsp3) is 0.125. The Hall–Kier alpha value is -1.59. The molecule has 0 aliphatic heterocycles. The van der Waals surface area contributed by atoms with Crippen molar-refractivity contribution in [2.45, 2.75) is 6.18 Å². The molecule has 1 aromatic rings. The quantitative estimate of drug-likeness (QED) is 0.723. The number of carboxylic acids is 1. The fourth-order valence-electron chi connectivity index (χ4n) is 0.802. The molecule has 1 N–H and O–H groups in total. The van der Waals surface area contributed by atoms with Crippen LogP contribution in [-0.2, 0) is 6.18 Å². The molecule has 1 rings (SSSR count). The maximum atomic E-state index is 12.0. The van der Waals surface area contributed by atoms with Crippen LogP contribution < -0.4 is 0 Å². The van der Waals surface area contributed by atoms with Crippen molar-refractivity contribution in [3.63, 3.8) is 0 Å². The van der Waals surface area contributed by atoms with Gasteiger partial charge in [0.05, 0.1) is 11.1 Å². The molecule has 0 atom stereocenters. The summed E-state index contributed by atoms with van der Waals surface area (Å²) >= 11 is 0. The molecule has 78 valence electrons. The van der Waals surface area contributed by atoms with E-state index in [0.29, 0.717) is 0 Å². The highest BCUT2D eigenvalue weighted by atomic mass is 19.4. The van der Waals surface area contributed by atoms with Crippen LogP contribution in [0, 0.1) is 0 Å². The van der Waals surface area contributed by atoms with Gasteiger partial charge in [-0.05, 0) is 24.3 Å². The first-order valence-electron chi connectivity index (χ1n) is 3.32. The lowest BCUT2D eigenvalue weighted by Crippen LogP contribution is -2.05. The van der Waals surface area contributed by atoms with Crippen LogP contribution >= 0.6 is 0 Å². The van der Waals surface area contributed by atoms with Crippen molar-refractivity contribution in [3.8, 4) is 0 Å². The van der Waals surface area contributed by atoms with Gasteiger partial charge in [0.15, 0.2) is 0 Å². The topological polar surface area (TPSA) is 37.3 Å². The smallest absolute Gasteiger partial charge is 0.416 e. The van der Waals surface area contributed by atoms with Gasteiger partial charge in [0.25, 0.3) is 0 Å². The van der Waals surface area contributed by atoms with Crippen molar-refractivity contribution in [1.29, 1.82) is 0 Å². The van der Waals surface area contributed by atoms with E-state index in [4.69, 9.17) is 5.11 Å². The van der Waals surface area contributed by atoms with E-state index in [9.17, 15) is 18.0 Å². The van der Waals surface area contributed by atoms with Crippen LogP contribution in [-0.4, -0.2) is 11.1 Å². The van der Waals surface area contributed by atoms with Gasteiger partial charge < -0.3 is 5.11 Å². The summed E-state index contributed by atoms with van der Waals surface area (Å²) in [7, 11) is 0. The van der Waals surface area contributed by atoms with Gasteiger partial charge in [-0.25, -0.2) is 4.79 Å². The lowest BCUT2D eigenvalue weighted by Gasteiger charge is -2.05. The minimum absolute atomic E-state index is 0. The summed E-state index contributed by atoms with van der Waals surface area (Å²) in [5.41, 5.74) is -1.01. The Balaban J connectivity index is 0.00000169. The summed E-state index contributed by atoms with van der Waals surface area (Å²) in [4.78, 5) is 10.3. The van der Waals surface area contributed by atoms with Crippen molar-refractivity contribution in [1.82, 2.24) is 0 Å². The number of carboxylic acid groups (broad SMARTS) is 1. The van der Waals surface area contributed by atoms with Crippen molar-refractivity contribution in [2.24, 2.45) is 0 Å². The standard InChI is InChI=1S/C8H5F3O2.FH/c9-8(10,11)6-3-1-5(2-4-6)7(12)13;/h1-4H,(H,12,13);1H. The summed E-state index contributed by atoms with van der Waals surface area (Å²) in [5.74, 6) is -1.24. The highest BCUT2D eigenvalue weighted by molar-refractivity contribution is 5.87. The molecule has 0 heterocycles.